The second-order valence-electron chi connectivity index (χ2n) is 17.9. The average molecular weight is 711 g/mol. The van der Waals surface area contributed by atoms with Crippen LogP contribution in [-0.4, -0.2) is 76.3 Å². The lowest BCUT2D eigenvalue weighted by atomic mass is 9.43. The fourth-order valence-corrected chi connectivity index (χ4v) is 11.9. The van der Waals surface area contributed by atoms with Gasteiger partial charge in [-0.2, -0.15) is 0 Å². The molecular weight excluding hydrogens is 633 g/mol. The van der Waals surface area contributed by atoms with Crippen LogP contribution in [0.2, 0.25) is 0 Å². The molecule has 0 aromatic heterocycles. The minimum Gasteiger partial charge on any atom is -0.378 e. The smallest absolute Gasteiger partial charge is 0.0637 e. The van der Waals surface area contributed by atoms with Crippen molar-refractivity contribution in [3.8, 4) is 0 Å². The molecule has 0 bridgehead atoms. The normalized spacial score (nSPS) is 35.4. The molecule has 292 valence electrons. The molecule has 11 atom stereocenters. The molecule has 0 heterocycles. The summed E-state index contributed by atoms with van der Waals surface area (Å²) in [6.07, 6.45) is 18.5. The van der Waals surface area contributed by atoms with Gasteiger partial charge < -0.3 is 36.3 Å². The van der Waals surface area contributed by atoms with E-state index < -0.39 is 0 Å². The van der Waals surface area contributed by atoms with Crippen LogP contribution < -0.4 is 17.2 Å². The van der Waals surface area contributed by atoms with Crippen LogP contribution in [0.4, 0.5) is 0 Å². The second kappa shape index (κ2) is 20.0. The predicted molar refractivity (Wildman–Crippen MR) is 211 cm³/mol. The number of nitrogens with zero attached hydrogens (tertiary/aromatic N) is 1. The Morgan fingerprint density at radius 1 is 0.765 bits per heavy atom. The highest BCUT2D eigenvalue weighted by Crippen LogP contribution is 2.69. The molecule has 1 aromatic rings. The molecule has 4 unspecified atom stereocenters. The molecule has 51 heavy (non-hydrogen) atoms. The fraction of sp³-hybridized carbons (Fsp3) is 0.864. The summed E-state index contributed by atoms with van der Waals surface area (Å²) in [4.78, 5) is 2.50. The molecule has 0 amide bonds. The third kappa shape index (κ3) is 9.98. The average Bonchev–Trinajstić information content (AvgIpc) is 3.49. The number of nitrogens with two attached hydrogens (primary N) is 3. The van der Waals surface area contributed by atoms with Gasteiger partial charge in [-0.25, -0.2) is 0 Å². The van der Waals surface area contributed by atoms with Gasteiger partial charge in [0.15, 0.2) is 0 Å². The first-order chi connectivity index (χ1) is 24.8. The Morgan fingerprint density at radius 3 is 2.12 bits per heavy atom. The zero-order chi connectivity index (χ0) is 36.3. The number of unbranched alkanes of at least 4 members (excludes halogenated alkanes) is 3. The molecule has 7 heteroatoms. The van der Waals surface area contributed by atoms with Crippen molar-refractivity contribution < 1.29 is 14.2 Å². The van der Waals surface area contributed by atoms with Crippen LogP contribution in [0.25, 0.3) is 0 Å². The van der Waals surface area contributed by atoms with Crippen molar-refractivity contribution in [2.75, 3.05) is 53.0 Å². The van der Waals surface area contributed by atoms with Gasteiger partial charge in [-0.15, -0.1) is 0 Å². The minimum atomic E-state index is 0.171. The standard InChI is InChI=1S/C44H78N4O3/c1-33(15-14-25-48(4)32-34-16-6-5-7-17-34)37-18-19-38-42-39(31-41(44(37,38)3)51-28-13-10-24-47)43(2)21-20-36(49-26-11-8-22-45)29-35(43)30-40(42)50-27-12-9-23-46/h5-7,16-17,33,35-42H,8-15,18-32,45-47H2,1-4H3/t33-,35?,36-,37-,38?,39?,40-,41+,42?,43+,44-/m1/s1. The highest BCUT2D eigenvalue weighted by molar-refractivity contribution is 5.16. The zero-order valence-corrected chi connectivity index (χ0v) is 33.3. The lowest BCUT2D eigenvalue weighted by molar-refractivity contribution is -0.227. The van der Waals surface area contributed by atoms with E-state index in [1.165, 1.54) is 63.4 Å². The van der Waals surface area contributed by atoms with Gasteiger partial charge in [-0.1, -0.05) is 51.1 Å². The van der Waals surface area contributed by atoms with Crippen molar-refractivity contribution in [2.24, 2.45) is 63.5 Å². The van der Waals surface area contributed by atoms with Crippen LogP contribution in [0.15, 0.2) is 30.3 Å². The summed E-state index contributed by atoms with van der Waals surface area (Å²) < 4.78 is 20.7. The first-order valence-corrected chi connectivity index (χ1v) is 21.4. The van der Waals surface area contributed by atoms with Crippen LogP contribution in [0, 0.1) is 46.3 Å². The molecule has 4 saturated carbocycles. The third-order valence-corrected chi connectivity index (χ3v) is 14.7. The summed E-state index contributed by atoms with van der Waals surface area (Å²) in [5, 5.41) is 0. The van der Waals surface area contributed by atoms with Crippen molar-refractivity contribution >= 4 is 0 Å². The maximum atomic E-state index is 7.16. The number of rotatable bonds is 22. The third-order valence-electron chi connectivity index (χ3n) is 14.7. The summed E-state index contributed by atoms with van der Waals surface area (Å²) in [6.45, 7) is 14.8. The first kappa shape index (κ1) is 41.1. The molecule has 7 nitrogen and oxygen atoms in total. The van der Waals surface area contributed by atoms with E-state index >= 15 is 0 Å². The predicted octanol–water partition coefficient (Wildman–Crippen LogP) is 7.79. The number of ether oxygens (including phenoxy) is 3. The molecule has 4 aliphatic carbocycles. The van der Waals surface area contributed by atoms with Crippen LogP contribution in [-0.2, 0) is 20.8 Å². The summed E-state index contributed by atoms with van der Waals surface area (Å²) in [5.41, 5.74) is 19.5. The number of hydrogen-bond acceptors (Lipinski definition) is 7. The van der Waals surface area contributed by atoms with E-state index in [1.807, 2.05) is 0 Å². The first-order valence-electron chi connectivity index (χ1n) is 21.4. The van der Waals surface area contributed by atoms with Crippen LogP contribution in [0.5, 0.6) is 0 Å². The van der Waals surface area contributed by atoms with E-state index in [1.54, 1.807) is 0 Å². The quantitative estimate of drug-likeness (QED) is 0.106. The van der Waals surface area contributed by atoms with Crippen molar-refractivity contribution in [1.82, 2.24) is 4.90 Å². The van der Waals surface area contributed by atoms with Crippen LogP contribution in [0.3, 0.4) is 0 Å². The highest BCUT2D eigenvalue weighted by Gasteiger charge is 2.66. The molecule has 0 aliphatic heterocycles. The molecule has 4 aliphatic rings. The van der Waals surface area contributed by atoms with Gasteiger partial charge in [-0.05, 0) is 176 Å². The Kier molecular flexibility index (Phi) is 16.1. The van der Waals surface area contributed by atoms with Crippen LogP contribution >= 0.6 is 0 Å². The van der Waals surface area contributed by atoms with Gasteiger partial charge in [0.1, 0.15) is 0 Å². The highest BCUT2D eigenvalue weighted by atomic mass is 16.5. The largest absolute Gasteiger partial charge is 0.378 e. The summed E-state index contributed by atoms with van der Waals surface area (Å²) in [7, 11) is 2.28. The van der Waals surface area contributed by atoms with E-state index in [-0.39, 0.29) is 5.41 Å². The minimum absolute atomic E-state index is 0.171. The molecule has 1 aromatic carbocycles. The summed E-state index contributed by atoms with van der Waals surface area (Å²) in [6, 6.07) is 10.9. The lowest BCUT2D eigenvalue weighted by Crippen LogP contribution is -2.63. The van der Waals surface area contributed by atoms with Gasteiger partial charge in [0.2, 0.25) is 0 Å². The Labute approximate surface area is 312 Å². The monoisotopic (exact) mass is 711 g/mol. The van der Waals surface area contributed by atoms with Gasteiger partial charge in [-0.3, -0.25) is 0 Å². The molecule has 4 fully saturated rings. The summed E-state index contributed by atoms with van der Waals surface area (Å²) >= 11 is 0. The van der Waals surface area contributed by atoms with E-state index in [4.69, 9.17) is 31.4 Å². The molecule has 0 radical (unpaired) electrons. The molecule has 0 spiro atoms. The maximum Gasteiger partial charge on any atom is 0.0637 e. The number of hydrogen-bond donors (Lipinski definition) is 3. The number of benzene rings is 1. The van der Waals surface area contributed by atoms with Gasteiger partial charge in [0.25, 0.3) is 0 Å². The number of fused-ring (bicyclic) bond motifs is 5. The van der Waals surface area contributed by atoms with Crippen molar-refractivity contribution in [3.05, 3.63) is 35.9 Å². The van der Waals surface area contributed by atoms with E-state index in [0.717, 1.165) is 91.1 Å². The van der Waals surface area contributed by atoms with Crippen molar-refractivity contribution in [3.63, 3.8) is 0 Å². The van der Waals surface area contributed by atoms with Crippen LogP contribution in [0.1, 0.15) is 123 Å². The lowest BCUT2D eigenvalue weighted by Gasteiger charge is -2.65. The van der Waals surface area contributed by atoms with Gasteiger partial charge in [0, 0.05) is 31.8 Å². The SMILES string of the molecule is C[C@H](CCCN(C)Cc1ccccc1)[C@H]1CCC2C3C(C[C@H](OCCCCN)[C@@]21C)[C@@]1(C)CC[C@@H](OCCCCN)CC1C[C@H]3OCCCCN. The second-order valence-corrected chi connectivity index (χ2v) is 17.9. The Morgan fingerprint density at radius 2 is 1.43 bits per heavy atom. The van der Waals surface area contributed by atoms with E-state index in [9.17, 15) is 0 Å². The molecular formula is C44H78N4O3. The van der Waals surface area contributed by atoms with Crippen molar-refractivity contribution in [1.29, 1.82) is 0 Å². The summed E-state index contributed by atoms with van der Waals surface area (Å²) in [5.74, 6) is 3.88. The molecule has 6 N–H and O–H groups in total. The zero-order valence-electron chi connectivity index (χ0n) is 33.3. The Hall–Kier alpha value is -1.06. The van der Waals surface area contributed by atoms with Gasteiger partial charge in [0.05, 0.1) is 18.3 Å². The fourth-order valence-electron chi connectivity index (χ4n) is 11.9. The Balaban J connectivity index is 1.34. The maximum absolute atomic E-state index is 7.16. The van der Waals surface area contributed by atoms with E-state index in [0.29, 0.717) is 59.2 Å². The van der Waals surface area contributed by atoms with Crippen molar-refractivity contribution in [2.45, 2.75) is 142 Å². The van der Waals surface area contributed by atoms with Gasteiger partial charge >= 0.3 is 0 Å². The van der Waals surface area contributed by atoms with E-state index in [2.05, 4.69) is 63.1 Å². The molecule has 5 rings (SSSR count). The molecule has 0 saturated heterocycles. The topological polar surface area (TPSA) is 109 Å². The Bertz CT molecular complexity index is 1120.